The fourth-order valence-electron chi connectivity index (χ4n) is 2.09. The van der Waals surface area contributed by atoms with Gasteiger partial charge in [0.05, 0.1) is 5.56 Å². The van der Waals surface area contributed by atoms with Gasteiger partial charge in [0.1, 0.15) is 17.2 Å². The summed E-state index contributed by atoms with van der Waals surface area (Å²) in [6, 6.07) is 17.5. The summed E-state index contributed by atoms with van der Waals surface area (Å²) in [5, 5.41) is 9.67. The SMILES string of the molecule is Oc1ccccc1Oc1ccc(Oc2ccc(C(F)(F)F)cc2)cc1. The number of aromatic hydroxyl groups is 1. The molecule has 6 heteroatoms. The van der Waals surface area contributed by atoms with E-state index in [4.69, 9.17) is 9.47 Å². The minimum absolute atomic E-state index is 0.0209. The number of halogens is 3. The molecule has 128 valence electrons. The summed E-state index contributed by atoms with van der Waals surface area (Å²) >= 11 is 0. The molecule has 3 rings (SSSR count). The molecule has 0 amide bonds. The van der Waals surface area contributed by atoms with Crippen LogP contribution in [0.1, 0.15) is 5.56 Å². The number of phenols is 1. The van der Waals surface area contributed by atoms with E-state index in [0.29, 0.717) is 23.0 Å². The van der Waals surface area contributed by atoms with Crippen molar-refractivity contribution in [2.45, 2.75) is 6.18 Å². The van der Waals surface area contributed by atoms with Gasteiger partial charge in [-0.3, -0.25) is 0 Å². The van der Waals surface area contributed by atoms with Crippen molar-refractivity contribution < 1.29 is 27.8 Å². The Labute approximate surface area is 141 Å². The predicted molar refractivity (Wildman–Crippen MR) is 86.1 cm³/mol. The van der Waals surface area contributed by atoms with E-state index < -0.39 is 11.7 Å². The third kappa shape index (κ3) is 4.23. The maximum absolute atomic E-state index is 12.5. The van der Waals surface area contributed by atoms with Gasteiger partial charge in [0.25, 0.3) is 0 Å². The molecule has 3 aromatic carbocycles. The molecule has 0 bridgehead atoms. The number of phenolic OH excluding ortho intramolecular Hbond substituents is 1. The molecule has 0 fully saturated rings. The van der Waals surface area contributed by atoms with Gasteiger partial charge < -0.3 is 14.6 Å². The van der Waals surface area contributed by atoms with Crippen molar-refractivity contribution in [3.05, 3.63) is 78.4 Å². The van der Waals surface area contributed by atoms with Crippen molar-refractivity contribution in [2.75, 3.05) is 0 Å². The van der Waals surface area contributed by atoms with E-state index in [9.17, 15) is 18.3 Å². The Balaban J connectivity index is 1.67. The molecule has 0 unspecified atom stereocenters. The number of para-hydroxylation sites is 2. The second-order valence-corrected chi connectivity index (χ2v) is 5.17. The normalized spacial score (nSPS) is 11.2. The van der Waals surface area contributed by atoms with Crippen LogP contribution in [-0.2, 0) is 6.18 Å². The van der Waals surface area contributed by atoms with Crippen molar-refractivity contribution in [3.63, 3.8) is 0 Å². The van der Waals surface area contributed by atoms with Crippen molar-refractivity contribution in [1.82, 2.24) is 0 Å². The molecule has 0 saturated heterocycles. The Morgan fingerprint density at radius 1 is 0.640 bits per heavy atom. The van der Waals surface area contributed by atoms with Crippen molar-refractivity contribution in [2.24, 2.45) is 0 Å². The largest absolute Gasteiger partial charge is 0.504 e. The zero-order valence-corrected chi connectivity index (χ0v) is 12.8. The lowest BCUT2D eigenvalue weighted by atomic mass is 10.2. The number of ether oxygens (including phenoxy) is 2. The van der Waals surface area contributed by atoms with E-state index >= 15 is 0 Å². The van der Waals surface area contributed by atoms with E-state index in [2.05, 4.69) is 0 Å². The van der Waals surface area contributed by atoms with Gasteiger partial charge in [-0.1, -0.05) is 12.1 Å². The fraction of sp³-hybridized carbons (Fsp3) is 0.0526. The first kappa shape index (κ1) is 16.7. The smallest absolute Gasteiger partial charge is 0.416 e. The second-order valence-electron chi connectivity index (χ2n) is 5.17. The van der Waals surface area contributed by atoms with Crippen LogP contribution in [0, 0.1) is 0 Å². The van der Waals surface area contributed by atoms with Crippen LogP contribution in [-0.4, -0.2) is 5.11 Å². The van der Waals surface area contributed by atoms with Crippen LogP contribution in [0.3, 0.4) is 0 Å². The monoisotopic (exact) mass is 346 g/mol. The van der Waals surface area contributed by atoms with Crippen LogP contribution in [0.4, 0.5) is 13.2 Å². The Kier molecular flexibility index (Phi) is 4.52. The molecule has 0 aliphatic heterocycles. The molecule has 0 aliphatic rings. The van der Waals surface area contributed by atoms with Crippen LogP contribution in [0.2, 0.25) is 0 Å². The quantitative estimate of drug-likeness (QED) is 0.630. The molecule has 3 aromatic rings. The topological polar surface area (TPSA) is 38.7 Å². The van der Waals surface area contributed by atoms with Gasteiger partial charge in [-0.25, -0.2) is 0 Å². The van der Waals surface area contributed by atoms with Gasteiger partial charge in [0.15, 0.2) is 11.5 Å². The molecule has 0 aromatic heterocycles. The number of hydrogen-bond donors (Lipinski definition) is 1. The van der Waals surface area contributed by atoms with Crippen LogP contribution < -0.4 is 9.47 Å². The first-order valence-corrected chi connectivity index (χ1v) is 7.33. The highest BCUT2D eigenvalue weighted by Crippen LogP contribution is 2.33. The maximum atomic E-state index is 12.5. The second kappa shape index (κ2) is 6.76. The van der Waals surface area contributed by atoms with Gasteiger partial charge in [0, 0.05) is 0 Å². The molecule has 0 saturated carbocycles. The molecule has 3 nitrogen and oxygen atoms in total. The molecule has 1 N–H and O–H groups in total. The number of hydrogen-bond acceptors (Lipinski definition) is 3. The average Bonchev–Trinajstić information content (AvgIpc) is 2.58. The van der Waals surface area contributed by atoms with E-state index in [1.54, 1.807) is 42.5 Å². The van der Waals surface area contributed by atoms with Gasteiger partial charge in [0.2, 0.25) is 0 Å². The summed E-state index contributed by atoms with van der Waals surface area (Å²) in [6.45, 7) is 0. The van der Waals surface area contributed by atoms with Crippen LogP contribution in [0.5, 0.6) is 28.7 Å². The van der Waals surface area contributed by atoms with Gasteiger partial charge >= 0.3 is 6.18 Å². The fourth-order valence-corrected chi connectivity index (χ4v) is 2.09. The van der Waals surface area contributed by atoms with Gasteiger partial charge in [-0.2, -0.15) is 13.2 Å². The number of alkyl halides is 3. The highest BCUT2D eigenvalue weighted by atomic mass is 19.4. The lowest BCUT2D eigenvalue weighted by molar-refractivity contribution is -0.137. The Bertz CT molecular complexity index is 841. The summed E-state index contributed by atoms with van der Waals surface area (Å²) < 4.78 is 48.6. The Hall–Kier alpha value is -3.15. The molecule has 0 atom stereocenters. The molecule has 0 aliphatic carbocycles. The highest BCUT2D eigenvalue weighted by molar-refractivity contribution is 5.43. The summed E-state index contributed by atoms with van der Waals surface area (Å²) in [5.74, 6) is 1.57. The van der Waals surface area contributed by atoms with Gasteiger partial charge in [-0.15, -0.1) is 0 Å². The van der Waals surface area contributed by atoms with E-state index in [1.807, 2.05) is 0 Å². The summed E-state index contributed by atoms with van der Waals surface area (Å²) in [4.78, 5) is 0. The van der Waals surface area contributed by atoms with E-state index in [1.165, 1.54) is 18.2 Å². The lowest BCUT2D eigenvalue weighted by Crippen LogP contribution is -2.03. The first-order chi connectivity index (χ1) is 11.9. The predicted octanol–water partition coefficient (Wildman–Crippen LogP) is 6.00. The Morgan fingerprint density at radius 2 is 1.12 bits per heavy atom. The zero-order chi connectivity index (χ0) is 17.9. The zero-order valence-electron chi connectivity index (χ0n) is 12.8. The van der Waals surface area contributed by atoms with Crippen LogP contribution in [0.25, 0.3) is 0 Å². The molecule has 25 heavy (non-hydrogen) atoms. The van der Waals surface area contributed by atoms with Crippen LogP contribution in [0.15, 0.2) is 72.8 Å². The van der Waals surface area contributed by atoms with Gasteiger partial charge in [-0.05, 0) is 60.7 Å². The van der Waals surface area contributed by atoms with Crippen molar-refractivity contribution in [1.29, 1.82) is 0 Å². The first-order valence-electron chi connectivity index (χ1n) is 7.33. The number of benzene rings is 3. The summed E-state index contributed by atoms with van der Waals surface area (Å²) in [5.41, 5.74) is -0.730. The molecule has 0 radical (unpaired) electrons. The van der Waals surface area contributed by atoms with Crippen molar-refractivity contribution in [3.8, 4) is 28.7 Å². The standard InChI is InChI=1S/C19H13F3O3/c20-19(21,22)13-5-7-14(8-6-13)24-15-9-11-16(12-10-15)25-18-4-2-1-3-17(18)23/h1-12,23H. The molecule has 0 heterocycles. The van der Waals surface area contributed by atoms with Crippen LogP contribution >= 0.6 is 0 Å². The van der Waals surface area contributed by atoms with E-state index in [0.717, 1.165) is 12.1 Å². The molecular formula is C19H13F3O3. The highest BCUT2D eigenvalue weighted by Gasteiger charge is 2.30. The van der Waals surface area contributed by atoms with E-state index in [-0.39, 0.29) is 5.75 Å². The van der Waals surface area contributed by atoms with Crippen molar-refractivity contribution >= 4 is 0 Å². The maximum Gasteiger partial charge on any atom is 0.416 e. The third-order valence-corrected chi connectivity index (χ3v) is 3.33. The molecule has 0 spiro atoms. The summed E-state index contributed by atoms with van der Waals surface area (Å²) in [7, 11) is 0. The minimum atomic E-state index is -4.37. The lowest BCUT2D eigenvalue weighted by Gasteiger charge is -2.10. The third-order valence-electron chi connectivity index (χ3n) is 3.33. The molecular weight excluding hydrogens is 333 g/mol. The average molecular weight is 346 g/mol. The summed E-state index contributed by atoms with van der Waals surface area (Å²) in [6.07, 6.45) is -4.37. The number of rotatable bonds is 4. The Morgan fingerprint density at radius 3 is 1.64 bits per heavy atom. The minimum Gasteiger partial charge on any atom is -0.504 e.